The highest BCUT2D eigenvalue weighted by Gasteiger charge is 2.10. The Morgan fingerprint density at radius 1 is 0.897 bits per heavy atom. The van der Waals surface area contributed by atoms with Crippen LogP contribution < -0.4 is 15.4 Å². The monoisotopic (exact) mass is 534 g/mol. The number of carbonyl (C=O) groups is 1. The average molecular weight is 535 g/mol. The lowest BCUT2D eigenvalue weighted by Crippen LogP contribution is -2.31. The number of anilines is 1. The Labute approximate surface area is 233 Å². The largest absolute Gasteiger partial charge is 0.455 e. The molecule has 1 aromatic heterocycles. The number of hydrogen-bond donors (Lipinski definition) is 2. The van der Waals surface area contributed by atoms with Crippen molar-refractivity contribution >= 4 is 11.7 Å². The fraction of sp³-hybridized carbons (Fsp3) is 0.312. The van der Waals surface area contributed by atoms with E-state index >= 15 is 0 Å². The molecule has 0 aliphatic rings. The van der Waals surface area contributed by atoms with Gasteiger partial charge in [-0.05, 0) is 48.4 Å². The highest BCUT2D eigenvalue weighted by Crippen LogP contribution is 2.30. The van der Waals surface area contributed by atoms with Crippen LogP contribution in [0.5, 0.6) is 11.5 Å². The first-order valence-electron chi connectivity index (χ1n) is 13.7. The zero-order valence-corrected chi connectivity index (χ0v) is 24.3. The number of aromatic nitrogens is 2. The van der Waals surface area contributed by atoms with E-state index in [0.717, 1.165) is 22.6 Å². The molecule has 4 aromatic rings. The van der Waals surface area contributed by atoms with Gasteiger partial charge >= 0.3 is 6.03 Å². The maximum Gasteiger partial charge on any atom is 0.319 e. The zero-order valence-electron chi connectivity index (χ0n) is 24.3. The van der Waals surface area contributed by atoms with Crippen LogP contribution in [-0.4, -0.2) is 22.1 Å². The third-order valence-electron chi connectivity index (χ3n) is 5.16. The first-order valence-corrected chi connectivity index (χ1v) is 13.7. The highest BCUT2D eigenvalue weighted by molar-refractivity contribution is 5.90. The minimum absolute atomic E-state index is 0.265. The maximum atomic E-state index is 13.4. The fourth-order valence-electron chi connectivity index (χ4n) is 3.45. The number of rotatable bonds is 8. The van der Waals surface area contributed by atoms with Crippen molar-refractivity contribution in [3.05, 3.63) is 108 Å². The number of benzene rings is 3. The van der Waals surface area contributed by atoms with E-state index in [1.807, 2.05) is 102 Å². The van der Waals surface area contributed by atoms with Crippen LogP contribution in [0.2, 0.25) is 0 Å². The predicted octanol–water partition coefficient (Wildman–Crippen LogP) is 8.61. The zero-order chi connectivity index (χ0) is 29.0. The van der Waals surface area contributed by atoms with E-state index in [4.69, 9.17) is 4.74 Å². The van der Waals surface area contributed by atoms with Crippen molar-refractivity contribution in [1.29, 1.82) is 0 Å². The van der Waals surface area contributed by atoms with E-state index in [2.05, 4.69) is 15.6 Å². The minimum Gasteiger partial charge on any atom is -0.455 e. The average Bonchev–Trinajstić information content (AvgIpc) is 3.41. The second kappa shape index (κ2) is 19.0. The van der Waals surface area contributed by atoms with Crippen LogP contribution in [0, 0.1) is 12.7 Å². The summed E-state index contributed by atoms with van der Waals surface area (Å²) in [7, 11) is 0. The first kappa shape index (κ1) is 32.9. The van der Waals surface area contributed by atoms with Gasteiger partial charge in [-0.2, -0.15) is 0 Å². The van der Waals surface area contributed by atoms with E-state index in [-0.39, 0.29) is 11.8 Å². The van der Waals surface area contributed by atoms with Gasteiger partial charge in [-0.3, -0.25) is 0 Å². The predicted molar refractivity (Wildman–Crippen MR) is 160 cm³/mol. The third-order valence-corrected chi connectivity index (χ3v) is 5.16. The van der Waals surface area contributed by atoms with Crippen molar-refractivity contribution in [3.63, 3.8) is 0 Å². The van der Waals surface area contributed by atoms with Crippen molar-refractivity contribution in [3.8, 4) is 11.5 Å². The minimum atomic E-state index is -0.327. The summed E-state index contributed by atoms with van der Waals surface area (Å²) in [5.41, 5.74) is 3.38. The summed E-state index contributed by atoms with van der Waals surface area (Å²) in [5.74, 6) is 1.04. The van der Waals surface area contributed by atoms with E-state index in [9.17, 15) is 9.18 Å². The SMILES string of the molecule is CC.CC.CC.Cc1ccccc1Oc1ccccc1NC(=O)NCCc1cncn1Cc1cccc(F)c1. The van der Waals surface area contributed by atoms with Gasteiger partial charge < -0.3 is 19.9 Å². The molecule has 2 amide bonds. The summed E-state index contributed by atoms with van der Waals surface area (Å²) in [6, 6.07) is 21.2. The molecular weight excluding hydrogens is 491 g/mol. The molecule has 0 unspecified atom stereocenters. The van der Waals surface area contributed by atoms with E-state index < -0.39 is 0 Å². The van der Waals surface area contributed by atoms with Gasteiger partial charge in [-0.1, -0.05) is 84.0 Å². The molecule has 39 heavy (non-hydrogen) atoms. The van der Waals surface area contributed by atoms with Crippen molar-refractivity contribution in [2.75, 3.05) is 11.9 Å². The molecule has 6 nitrogen and oxygen atoms in total. The lowest BCUT2D eigenvalue weighted by atomic mass is 10.2. The van der Waals surface area contributed by atoms with Crippen LogP contribution in [0.25, 0.3) is 0 Å². The van der Waals surface area contributed by atoms with Crippen LogP contribution in [0.15, 0.2) is 85.3 Å². The molecule has 0 saturated heterocycles. The summed E-state index contributed by atoms with van der Waals surface area (Å²) in [6.45, 7) is 14.9. The number of nitrogens with one attached hydrogen (secondary N) is 2. The number of ether oxygens (including phenoxy) is 1. The molecule has 4 rings (SSSR count). The number of hydrogen-bond acceptors (Lipinski definition) is 3. The molecule has 0 aliphatic heterocycles. The van der Waals surface area contributed by atoms with Gasteiger partial charge in [0.15, 0.2) is 5.75 Å². The van der Waals surface area contributed by atoms with Crippen molar-refractivity contribution in [1.82, 2.24) is 14.9 Å². The number of imidazole rings is 1. The smallest absolute Gasteiger partial charge is 0.319 e. The number of nitrogens with zero attached hydrogens (tertiary/aromatic N) is 2. The lowest BCUT2D eigenvalue weighted by molar-refractivity contribution is 0.252. The van der Waals surface area contributed by atoms with Crippen LogP contribution in [0.3, 0.4) is 0 Å². The van der Waals surface area contributed by atoms with Gasteiger partial charge in [-0.25, -0.2) is 14.2 Å². The molecule has 1 heterocycles. The highest BCUT2D eigenvalue weighted by atomic mass is 19.1. The molecule has 0 saturated carbocycles. The molecule has 210 valence electrons. The lowest BCUT2D eigenvalue weighted by Gasteiger charge is -2.14. The Hall–Kier alpha value is -4.13. The normalized spacial score (nSPS) is 9.44. The molecule has 0 fully saturated rings. The van der Waals surface area contributed by atoms with E-state index in [0.29, 0.717) is 30.9 Å². The van der Waals surface area contributed by atoms with Crippen molar-refractivity contribution in [2.45, 2.75) is 61.4 Å². The summed E-state index contributed by atoms with van der Waals surface area (Å²) in [5, 5.41) is 5.72. The van der Waals surface area contributed by atoms with Crippen molar-refractivity contribution < 1.29 is 13.9 Å². The van der Waals surface area contributed by atoms with Crippen LogP contribution >= 0.6 is 0 Å². The number of halogens is 1. The molecular formula is C32H43FN4O2. The summed E-state index contributed by atoms with van der Waals surface area (Å²) in [6.07, 6.45) is 4.05. The van der Waals surface area contributed by atoms with Crippen LogP contribution in [0.4, 0.5) is 14.9 Å². The van der Waals surface area contributed by atoms with Crippen LogP contribution in [-0.2, 0) is 13.0 Å². The molecule has 0 aliphatic carbocycles. The molecule has 0 spiro atoms. The summed E-state index contributed by atoms with van der Waals surface area (Å²) < 4.78 is 21.4. The Morgan fingerprint density at radius 2 is 1.56 bits per heavy atom. The van der Waals surface area contributed by atoms with Gasteiger partial charge in [0.05, 0.1) is 12.0 Å². The van der Waals surface area contributed by atoms with Crippen LogP contribution in [0.1, 0.15) is 58.4 Å². The van der Waals surface area contributed by atoms with Crippen molar-refractivity contribution in [2.24, 2.45) is 0 Å². The second-order valence-electron chi connectivity index (χ2n) is 7.64. The van der Waals surface area contributed by atoms with Gasteiger partial charge in [-0.15, -0.1) is 0 Å². The van der Waals surface area contributed by atoms with Gasteiger partial charge in [0.1, 0.15) is 11.6 Å². The first-order chi connectivity index (χ1) is 19.1. The van der Waals surface area contributed by atoms with E-state index in [1.165, 1.54) is 12.1 Å². The molecule has 0 atom stereocenters. The third kappa shape index (κ3) is 11.0. The van der Waals surface area contributed by atoms with Gasteiger partial charge in [0, 0.05) is 31.4 Å². The Morgan fingerprint density at radius 3 is 2.26 bits per heavy atom. The summed E-state index contributed by atoms with van der Waals surface area (Å²) in [4.78, 5) is 16.7. The fourth-order valence-corrected chi connectivity index (χ4v) is 3.45. The van der Waals surface area contributed by atoms with Gasteiger partial charge in [0.2, 0.25) is 0 Å². The molecule has 0 radical (unpaired) electrons. The number of para-hydroxylation sites is 3. The number of amides is 2. The molecule has 0 bridgehead atoms. The second-order valence-corrected chi connectivity index (χ2v) is 7.64. The van der Waals surface area contributed by atoms with Gasteiger partial charge in [0.25, 0.3) is 0 Å². The Kier molecular flexibility index (Phi) is 16.0. The standard InChI is InChI=1S/C26H25FN4O2.3C2H6/c1-19-7-2-4-11-24(19)33-25-12-5-3-10-23(25)30-26(32)29-14-13-22-16-28-18-31(22)17-20-8-6-9-21(27)15-20;3*1-2/h2-12,15-16,18H,13-14,17H2,1H3,(H2,29,30,32);3*1-2H3. The Balaban J connectivity index is 0.00000119. The number of urea groups is 1. The Bertz CT molecular complexity index is 1240. The summed E-state index contributed by atoms with van der Waals surface area (Å²) >= 11 is 0. The molecule has 7 heteroatoms. The molecule has 3 aromatic carbocycles. The quantitative estimate of drug-likeness (QED) is 0.238. The topological polar surface area (TPSA) is 68.2 Å². The number of aryl methyl sites for hydroxylation is 1. The van der Waals surface area contributed by atoms with E-state index in [1.54, 1.807) is 24.7 Å². The maximum absolute atomic E-state index is 13.4. The molecule has 2 N–H and O–H groups in total. The number of carbonyl (C=O) groups excluding carboxylic acids is 1.